The van der Waals surface area contributed by atoms with Gasteiger partial charge in [0.05, 0.1) is 17.1 Å². The molecule has 0 spiro atoms. The van der Waals surface area contributed by atoms with Crippen molar-refractivity contribution >= 4 is 35.0 Å². The van der Waals surface area contributed by atoms with Gasteiger partial charge in [-0.1, -0.05) is 47.5 Å². The zero-order valence-corrected chi connectivity index (χ0v) is 16.3. The molecular weight excluding hydrogens is 385 g/mol. The Labute approximate surface area is 168 Å². The normalized spacial score (nSPS) is 14.8. The van der Waals surface area contributed by atoms with Crippen LogP contribution in [0.2, 0.25) is 10.0 Å². The summed E-state index contributed by atoms with van der Waals surface area (Å²) < 4.78 is 0. The predicted octanol–water partition coefficient (Wildman–Crippen LogP) is 3.07. The van der Waals surface area contributed by atoms with Crippen LogP contribution in [0.1, 0.15) is 15.9 Å². The molecule has 0 bridgehead atoms. The van der Waals surface area contributed by atoms with Crippen LogP contribution in [0.5, 0.6) is 0 Å². The van der Waals surface area contributed by atoms with Crippen molar-refractivity contribution < 1.29 is 9.59 Å². The molecule has 0 unspecified atom stereocenters. The van der Waals surface area contributed by atoms with E-state index in [1.165, 1.54) is 0 Å². The van der Waals surface area contributed by atoms with Crippen LogP contribution in [-0.2, 0) is 11.3 Å². The number of rotatable bonds is 5. The van der Waals surface area contributed by atoms with Gasteiger partial charge in [-0.05, 0) is 29.8 Å². The van der Waals surface area contributed by atoms with Gasteiger partial charge in [-0.3, -0.25) is 14.5 Å². The van der Waals surface area contributed by atoms with Gasteiger partial charge in [-0.25, -0.2) is 0 Å². The van der Waals surface area contributed by atoms with E-state index >= 15 is 0 Å². The minimum Gasteiger partial charge on any atom is -0.351 e. The Balaban J connectivity index is 1.44. The van der Waals surface area contributed by atoms with Gasteiger partial charge in [0, 0.05) is 37.7 Å². The first-order valence-electron chi connectivity index (χ1n) is 8.80. The van der Waals surface area contributed by atoms with E-state index < -0.39 is 0 Å². The third kappa shape index (κ3) is 5.45. The first-order valence-corrected chi connectivity index (χ1v) is 9.56. The molecule has 1 N–H and O–H groups in total. The number of benzene rings is 2. The van der Waals surface area contributed by atoms with Gasteiger partial charge in [0.25, 0.3) is 5.91 Å². The van der Waals surface area contributed by atoms with E-state index in [4.69, 9.17) is 23.2 Å². The van der Waals surface area contributed by atoms with Gasteiger partial charge in [-0.2, -0.15) is 0 Å². The van der Waals surface area contributed by atoms with E-state index in [2.05, 4.69) is 5.32 Å². The van der Waals surface area contributed by atoms with Crippen LogP contribution in [0.15, 0.2) is 48.5 Å². The number of nitrogens with zero attached hydrogens (tertiary/aromatic N) is 2. The Hall–Kier alpha value is -2.08. The summed E-state index contributed by atoms with van der Waals surface area (Å²) in [5.74, 6) is -0.105. The van der Waals surface area contributed by atoms with E-state index in [1.54, 1.807) is 35.2 Å². The maximum atomic E-state index is 12.6. The Bertz CT molecular complexity index is 820. The second-order valence-electron chi connectivity index (χ2n) is 6.45. The minimum atomic E-state index is -0.0642. The van der Waals surface area contributed by atoms with Gasteiger partial charge >= 0.3 is 0 Å². The largest absolute Gasteiger partial charge is 0.351 e. The highest BCUT2D eigenvalue weighted by molar-refractivity contribution is 6.33. The Morgan fingerprint density at radius 1 is 0.963 bits per heavy atom. The first kappa shape index (κ1) is 19.7. The number of hydrogen-bond acceptors (Lipinski definition) is 3. The fraction of sp³-hybridized carbons (Fsp3) is 0.300. The molecule has 1 heterocycles. The smallest absolute Gasteiger partial charge is 0.255 e. The van der Waals surface area contributed by atoms with Crippen LogP contribution in [0.4, 0.5) is 0 Å². The first-order chi connectivity index (χ1) is 13.0. The summed E-state index contributed by atoms with van der Waals surface area (Å²) in [5.41, 5.74) is 1.48. The highest BCUT2D eigenvalue weighted by atomic mass is 35.5. The summed E-state index contributed by atoms with van der Waals surface area (Å²) in [6, 6.07) is 14.5. The zero-order valence-electron chi connectivity index (χ0n) is 14.8. The van der Waals surface area contributed by atoms with Crippen molar-refractivity contribution in [1.82, 2.24) is 15.1 Å². The van der Waals surface area contributed by atoms with Gasteiger partial charge < -0.3 is 10.2 Å². The number of carbonyl (C=O) groups excluding carboxylic acids is 2. The lowest BCUT2D eigenvalue weighted by Gasteiger charge is -2.34. The third-order valence-electron chi connectivity index (χ3n) is 4.51. The zero-order chi connectivity index (χ0) is 19.2. The van der Waals surface area contributed by atoms with Crippen molar-refractivity contribution in [1.29, 1.82) is 0 Å². The Morgan fingerprint density at radius 2 is 1.70 bits per heavy atom. The fourth-order valence-corrected chi connectivity index (χ4v) is 3.45. The van der Waals surface area contributed by atoms with Crippen molar-refractivity contribution in [3.8, 4) is 0 Å². The second kappa shape index (κ2) is 9.22. The average Bonchev–Trinajstić information content (AvgIpc) is 2.67. The Kier molecular flexibility index (Phi) is 6.72. The average molecular weight is 406 g/mol. The molecule has 7 heteroatoms. The van der Waals surface area contributed by atoms with Gasteiger partial charge in [0.2, 0.25) is 5.91 Å². The number of nitrogens with one attached hydrogen (secondary N) is 1. The molecule has 0 aromatic heterocycles. The molecule has 0 aliphatic carbocycles. The van der Waals surface area contributed by atoms with Crippen LogP contribution in [0.25, 0.3) is 0 Å². The van der Waals surface area contributed by atoms with Gasteiger partial charge in [0.15, 0.2) is 0 Å². The minimum absolute atomic E-state index is 0.0409. The van der Waals surface area contributed by atoms with Crippen molar-refractivity contribution in [2.45, 2.75) is 6.54 Å². The quantitative estimate of drug-likeness (QED) is 0.831. The molecule has 142 valence electrons. The van der Waals surface area contributed by atoms with E-state index in [1.807, 2.05) is 23.1 Å². The highest BCUT2D eigenvalue weighted by Gasteiger charge is 2.24. The lowest BCUT2D eigenvalue weighted by molar-refractivity contribution is -0.122. The van der Waals surface area contributed by atoms with Crippen molar-refractivity contribution in [2.75, 3.05) is 32.7 Å². The van der Waals surface area contributed by atoms with E-state index in [9.17, 15) is 9.59 Å². The van der Waals surface area contributed by atoms with Crippen molar-refractivity contribution in [2.24, 2.45) is 0 Å². The maximum absolute atomic E-state index is 12.6. The van der Waals surface area contributed by atoms with E-state index in [0.29, 0.717) is 54.9 Å². The molecule has 1 saturated heterocycles. The second-order valence-corrected chi connectivity index (χ2v) is 7.30. The molecule has 3 rings (SSSR count). The Morgan fingerprint density at radius 3 is 2.41 bits per heavy atom. The van der Waals surface area contributed by atoms with E-state index in [-0.39, 0.29) is 11.8 Å². The number of carbonyl (C=O) groups is 2. The van der Waals surface area contributed by atoms with E-state index in [0.717, 1.165) is 5.56 Å². The van der Waals surface area contributed by atoms with Crippen LogP contribution in [0.3, 0.4) is 0 Å². The summed E-state index contributed by atoms with van der Waals surface area (Å²) in [5, 5.41) is 4.02. The number of amides is 2. The van der Waals surface area contributed by atoms with Gasteiger partial charge in [0.1, 0.15) is 0 Å². The number of halogens is 2. The van der Waals surface area contributed by atoms with Crippen LogP contribution in [-0.4, -0.2) is 54.3 Å². The number of hydrogen-bond donors (Lipinski definition) is 1. The molecule has 1 aliphatic rings. The summed E-state index contributed by atoms with van der Waals surface area (Å²) in [4.78, 5) is 28.6. The van der Waals surface area contributed by atoms with Crippen LogP contribution in [0, 0.1) is 0 Å². The molecule has 27 heavy (non-hydrogen) atoms. The molecule has 1 aliphatic heterocycles. The summed E-state index contributed by atoms with van der Waals surface area (Å²) >= 11 is 12.1. The fourth-order valence-electron chi connectivity index (χ4n) is 3.02. The van der Waals surface area contributed by atoms with Crippen molar-refractivity contribution in [3.05, 3.63) is 69.7 Å². The SMILES string of the molecule is O=C(CN1CCN(C(=O)c2ccccc2Cl)CC1)NCc1cccc(Cl)c1. The molecule has 2 aromatic carbocycles. The summed E-state index contributed by atoms with van der Waals surface area (Å²) in [6.07, 6.45) is 0. The maximum Gasteiger partial charge on any atom is 0.255 e. The van der Waals surface area contributed by atoms with Crippen molar-refractivity contribution in [3.63, 3.8) is 0 Å². The van der Waals surface area contributed by atoms with Gasteiger partial charge in [-0.15, -0.1) is 0 Å². The highest BCUT2D eigenvalue weighted by Crippen LogP contribution is 2.18. The topological polar surface area (TPSA) is 52.7 Å². The molecule has 2 amide bonds. The summed E-state index contributed by atoms with van der Waals surface area (Å²) in [7, 11) is 0. The molecule has 1 fully saturated rings. The molecule has 0 radical (unpaired) electrons. The predicted molar refractivity (Wildman–Crippen MR) is 107 cm³/mol. The summed E-state index contributed by atoms with van der Waals surface area (Å²) in [6.45, 7) is 3.22. The molecule has 0 saturated carbocycles. The standard InChI is InChI=1S/C20H21Cl2N3O2/c21-16-5-3-4-15(12-16)13-23-19(26)14-24-8-10-25(11-9-24)20(27)17-6-1-2-7-18(17)22/h1-7,12H,8-11,13-14H2,(H,23,26). The molecular formula is C20H21Cl2N3O2. The molecule has 0 atom stereocenters. The van der Waals surface area contributed by atoms with Crippen LogP contribution >= 0.6 is 23.2 Å². The monoisotopic (exact) mass is 405 g/mol. The lowest BCUT2D eigenvalue weighted by atomic mass is 10.2. The lowest BCUT2D eigenvalue weighted by Crippen LogP contribution is -2.51. The molecule has 2 aromatic rings. The number of piperazine rings is 1. The molecule has 5 nitrogen and oxygen atoms in total. The van der Waals surface area contributed by atoms with Crippen LogP contribution < -0.4 is 5.32 Å². The third-order valence-corrected chi connectivity index (χ3v) is 5.07.